The van der Waals surface area contributed by atoms with Crippen molar-refractivity contribution >= 4 is 39.3 Å². The number of hydrogen-bond acceptors (Lipinski definition) is 6. The van der Waals surface area contributed by atoms with Crippen molar-refractivity contribution in [2.45, 2.75) is 32.6 Å². The van der Waals surface area contributed by atoms with Crippen LogP contribution in [0.15, 0.2) is 48.9 Å². The summed E-state index contributed by atoms with van der Waals surface area (Å²) in [5.41, 5.74) is 7.49. The van der Waals surface area contributed by atoms with E-state index in [1.54, 1.807) is 12.4 Å². The maximum Gasteiger partial charge on any atom is 0.224 e. The summed E-state index contributed by atoms with van der Waals surface area (Å²) in [5, 5.41) is 11.6. The van der Waals surface area contributed by atoms with Crippen LogP contribution in [-0.2, 0) is 4.79 Å². The number of nitrogens with one attached hydrogen (secondary N) is 3. The highest BCUT2D eigenvalue weighted by atomic mass is 16.1. The van der Waals surface area contributed by atoms with Crippen LogP contribution < -0.4 is 10.2 Å². The molecule has 5 aromatic rings. The highest BCUT2D eigenvalue weighted by molar-refractivity contribution is 5.98. The van der Waals surface area contributed by atoms with Crippen LogP contribution in [0, 0.1) is 0 Å². The first-order valence-electron chi connectivity index (χ1n) is 12.0. The van der Waals surface area contributed by atoms with Crippen LogP contribution in [0.4, 0.5) is 11.4 Å². The molecule has 1 saturated heterocycles. The van der Waals surface area contributed by atoms with Gasteiger partial charge in [0.2, 0.25) is 5.91 Å². The summed E-state index contributed by atoms with van der Waals surface area (Å²) in [4.78, 5) is 31.4. The first-order valence-corrected chi connectivity index (χ1v) is 12.0. The Bertz CT molecular complexity index is 1530. The molecule has 9 heteroatoms. The van der Waals surface area contributed by atoms with Gasteiger partial charge >= 0.3 is 0 Å². The first-order chi connectivity index (χ1) is 17.2. The van der Waals surface area contributed by atoms with Crippen LogP contribution in [0.3, 0.4) is 0 Å². The first kappa shape index (κ1) is 21.3. The predicted octanol–water partition coefficient (Wildman–Crippen LogP) is 4.90. The van der Waals surface area contributed by atoms with Crippen LogP contribution in [0.1, 0.15) is 32.6 Å². The van der Waals surface area contributed by atoms with E-state index in [0.29, 0.717) is 12.1 Å². The summed E-state index contributed by atoms with van der Waals surface area (Å²) in [6.07, 6.45) is 9.38. The average molecular weight is 467 g/mol. The summed E-state index contributed by atoms with van der Waals surface area (Å²) >= 11 is 0. The highest BCUT2D eigenvalue weighted by Crippen LogP contribution is 2.33. The second-order valence-corrected chi connectivity index (χ2v) is 8.85. The van der Waals surface area contributed by atoms with Crippen molar-refractivity contribution in [1.29, 1.82) is 0 Å². The van der Waals surface area contributed by atoms with Gasteiger partial charge in [0, 0.05) is 48.5 Å². The van der Waals surface area contributed by atoms with Gasteiger partial charge in [-0.15, -0.1) is 0 Å². The van der Waals surface area contributed by atoms with Gasteiger partial charge in [0.25, 0.3) is 0 Å². The molecule has 3 N–H and O–H groups in total. The maximum absolute atomic E-state index is 11.8. The molecule has 1 aliphatic rings. The van der Waals surface area contributed by atoms with Crippen LogP contribution in [0.25, 0.3) is 44.7 Å². The third-order valence-electron chi connectivity index (χ3n) is 6.51. The average Bonchev–Trinajstić information content (AvgIpc) is 3.53. The van der Waals surface area contributed by atoms with Gasteiger partial charge in [-0.05, 0) is 49.6 Å². The molecule has 0 radical (unpaired) electrons. The molecule has 1 aliphatic heterocycles. The quantitative estimate of drug-likeness (QED) is 0.339. The van der Waals surface area contributed by atoms with Crippen molar-refractivity contribution in [1.82, 2.24) is 30.1 Å². The van der Waals surface area contributed by atoms with Crippen LogP contribution in [-0.4, -0.2) is 49.1 Å². The number of carbonyl (C=O) groups excluding carboxylic acids is 1. The van der Waals surface area contributed by atoms with E-state index in [-0.39, 0.29) is 5.91 Å². The summed E-state index contributed by atoms with van der Waals surface area (Å²) in [6.45, 7) is 3.96. The zero-order valence-electron chi connectivity index (χ0n) is 19.5. The third kappa shape index (κ3) is 3.99. The van der Waals surface area contributed by atoms with E-state index in [9.17, 15) is 4.79 Å². The largest absolute Gasteiger partial charge is 0.371 e. The Hall–Kier alpha value is -4.27. The zero-order chi connectivity index (χ0) is 23.8. The van der Waals surface area contributed by atoms with E-state index >= 15 is 0 Å². The molecule has 0 unspecified atom stereocenters. The number of aromatic nitrogens is 6. The standard InChI is InChI=1S/C26H26N8O/c1-2-23(35)29-17-12-16(14-27-15-17)19-6-7-20-24(30-19)25(33-32-20)21-13-18-22(8-9-28-26(18)31-21)34-10-4-3-5-11-34/h6-9,12-15H,2-5,10-11H2,1H3,(H,28,31)(H,29,35)(H,32,33). The number of nitrogens with zero attached hydrogens (tertiary/aromatic N) is 5. The van der Waals surface area contributed by atoms with Gasteiger partial charge in [-0.3, -0.25) is 14.9 Å². The topological polar surface area (TPSA) is 115 Å². The number of H-pyrrole nitrogens is 2. The maximum atomic E-state index is 11.8. The van der Waals surface area contributed by atoms with Crippen LogP contribution in [0.2, 0.25) is 0 Å². The van der Waals surface area contributed by atoms with Gasteiger partial charge < -0.3 is 15.2 Å². The third-order valence-corrected chi connectivity index (χ3v) is 6.51. The molecule has 0 aliphatic carbocycles. The van der Waals surface area contributed by atoms with E-state index in [0.717, 1.165) is 57.8 Å². The number of rotatable bonds is 5. The molecule has 0 atom stereocenters. The predicted molar refractivity (Wildman–Crippen MR) is 137 cm³/mol. The lowest BCUT2D eigenvalue weighted by Gasteiger charge is -2.29. The SMILES string of the molecule is CCC(=O)Nc1cncc(-c2ccc3[nH]nc(-c4cc5c(N6CCCCC6)ccnc5[nH]4)c3n2)c1. The monoisotopic (exact) mass is 466 g/mol. The molecule has 0 aromatic carbocycles. The molecule has 0 bridgehead atoms. The summed E-state index contributed by atoms with van der Waals surface area (Å²) in [6, 6.07) is 9.99. The van der Waals surface area contributed by atoms with E-state index in [1.807, 2.05) is 31.3 Å². The summed E-state index contributed by atoms with van der Waals surface area (Å²) < 4.78 is 0. The fraction of sp³-hybridized carbons (Fsp3) is 0.269. The molecule has 6 heterocycles. The summed E-state index contributed by atoms with van der Waals surface area (Å²) in [7, 11) is 0. The molecule has 1 amide bonds. The Labute approximate surface area is 202 Å². The Morgan fingerprint density at radius 1 is 1.11 bits per heavy atom. The minimum atomic E-state index is -0.0548. The fourth-order valence-electron chi connectivity index (χ4n) is 4.70. The number of carbonyl (C=O) groups is 1. The lowest BCUT2D eigenvalue weighted by atomic mass is 10.1. The van der Waals surface area contributed by atoms with Crippen molar-refractivity contribution in [2.75, 3.05) is 23.3 Å². The van der Waals surface area contributed by atoms with Crippen molar-refractivity contribution in [3.8, 4) is 22.6 Å². The van der Waals surface area contributed by atoms with E-state index in [4.69, 9.17) is 4.98 Å². The fourth-order valence-corrected chi connectivity index (χ4v) is 4.70. The highest BCUT2D eigenvalue weighted by Gasteiger charge is 2.18. The summed E-state index contributed by atoms with van der Waals surface area (Å²) in [5.74, 6) is -0.0548. The minimum absolute atomic E-state index is 0.0548. The van der Waals surface area contributed by atoms with Gasteiger partial charge in [-0.1, -0.05) is 6.92 Å². The molecule has 0 spiro atoms. The van der Waals surface area contributed by atoms with Crippen molar-refractivity contribution in [3.05, 3.63) is 48.9 Å². The minimum Gasteiger partial charge on any atom is -0.371 e. The number of aromatic amines is 2. The molecular weight excluding hydrogens is 440 g/mol. The van der Waals surface area contributed by atoms with E-state index < -0.39 is 0 Å². The van der Waals surface area contributed by atoms with Gasteiger partial charge in [-0.25, -0.2) is 9.97 Å². The Morgan fingerprint density at radius 2 is 2.00 bits per heavy atom. The Balaban J connectivity index is 1.39. The number of piperidine rings is 1. The molecule has 35 heavy (non-hydrogen) atoms. The Kier molecular flexibility index (Phi) is 5.36. The molecule has 0 saturated carbocycles. The van der Waals surface area contributed by atoms with Crippen molar-refractivity contribution in [3.63, 3.8) is 0 Å². The van der Waals surface area contributed by atoms with Gasteiger partial charge in [-0.2, -0.15) is 5.10 Å². The normalized spacial score (nSPS) is 14.0. The van der Waals surface area contributed by atoms with Crippen molar-refractivity contribution < 1.29 is 4.79 Å². The van der Waals surface area contributed by atoms with E-state index in [2.05, 4.69) is 47.5 Å². The second-order valence-electron chi connectivity index (χ2n) is 8.85. The molecule has 9 nitrogen and oxygen atoms in total. The van der Waals surface area contributed by atoms with Gasteiger partial charge in [0.15, 0.2) is 0 Å². The molecule has 6 rings (SSSR count). The molecule has 5 aromatic heterocycles. The molecular formula is C26H26N8O. The van der Waals surface area contributed by atoms with E-state index in [1.165, 1.54) is 24.9 Å². The second kappa shape index (κ2) is 8.83. The Morgan fingerprint density at radius 3 is 2.86 bits per heavy atom. The number of anilines is 2. The number of amides is 1. The number of pyridine rings is 3. The molecule has 1 fully saturated rings. The lowest BCUT2D eigenvalue weighted by molar-refractivity contribution is -0.115. The zero-order valence-corrected chi connectivity index (χ0v) is 19.5. The van der Waals surface area contributed by atoms with Gasteiger partial charge in [0.1, 0.15) is 16.9 Å². The van der Waals surface area contributed by atoms with Crippen LogP contribution in [0.5, 0.6) is 0 Å². The number of fused-ring (bicyclic) bond motifs is 2. The molecule has 176 valence electrons. The van der Waals surface area contributed by atoms with Crippen LogP contribution >= 0.6 is 0 Å². The lowest BCUT2D eigenvalue weighted by Crippen LogP contribution is -2.29. The van der Waals surface area contributed by atoms with Gasteiger partial charge in [0.05, 0.1) is 28.8 Å². The van der Waals surface area contributed by atoms with Crippen molar-refractivity contribution in [2.24, 2.45) is 0 Å². The smallest absolute Gasteiger partial charge is 0.224 e. The number of hydrogen-bond donors (Lipinski definition) is 3.